The average molecular weight is 161 g/mol. The standard InChI is InChI=1S/C10H8FN/c1-7-6-10(11)12-9-5-3-2-4-8(7)9/h2-6H,1H3. The number of hydrogen-bond donors (Lipinski definition) is 0. The van der Waals surface area contributed by atoms with Crippen molar-refractivity contribution in [1.82, 2.24) is 4.98 Å². The summed E-state index contributed by atoms with van der Waals surface area (Å²) in [5.41, 5.74) is 1.65. The van der Waals surface area contributed by atoms with Gasteiger partial charge in [-0.05, 0) is 24.6 Å². The van der Waals surface area contributed by atoms with Crippen LogP contribution in [0, 0.1) is 12.9 Å². The van der Waals surface area contributed by atoms with Gasteiger partial charge in [0.05, 0.1) is 5.52 Å². The summed E-state index contributed by atoms with van der Waals surface area (Å²) >= 11 is 0. The van der Waals surface area contributed by atoms with Crippen molar-refractivity contribution < 1.29 is 4.39 Å². The van der Waals surface area contributed by atoms with Gasteiger partial charge in [-0.1, -0.05) is 18.2 Å². The van der Waals surface area contributed by atoms with Crippen molar-refractivity contribution in [1.29, 1.82) is 0 Å². The molecule has 60 valence electrons. The summed E-state index contributed by atoms with van der Waals surface area (Å²) in [5, 5.41) is 1.01. The molecule has 0 radical (unpaired) electrons. The van der Waals surface area contributed by atoms with Gasteiger partial charge in [0.15, 0.2) is 0 Å². The topological polar surface area (TPSA) is 12.9 Å². The monoisotopic (exact) mass is 161 g/mol. The van der Waals surface area contributed by atoms with E-state index in [-0.39, 0.29) is 0 Å². The zero-order valence-electron chi connectivity index (χ0n) is 6.71. The molecule has 0 bridgehead atoms. The van der Waals surface area contributed by atoms with Crippen LogP contribution in [0.1, 0.15) is 5.56 Å². The number of halogens is 1. The summed E-state index contributed by atoms with van der Waals surface area (Å²) in [5.74, 6) is -0.411. The van der Waals surface area contributed by atoms with Crippen LogP contribution < -0.4 is 0 Å². The fraction of sp³-hybridized carbons (Fsp3) is 0.100. The van der Waals surface area contributed by atoms with Crippen molar-refractivity contribution in [3.8, 4) is 0 Å². The van der Waals surface area contributed by atoms with Gasteiger partial charge in [-0.2, -0.15) is 4.39 Å². The highest BCUT2D eigenvalue weighted by Gasteiger charge is 1.99. The highest BCUT2D eigenvalue weighted by molar-refractivity contribution is 5.81. The quantitative estimate of drug-likeness (QED) is 0.541. The van der Waals surface area contributed by atoms with E-state index in [2.05, 4.69) is 4.98 Å². The first kappa shape index (κ1) is 7.22. The first-order valence-corrected chi connectivity index (χ1v) is 3.79. The lowest BCUT2D eigenvalue weighted by atomic mass is 10.1. The Morgan fingerprint density at radius 1 is 1.25 bits per heavy atom. The molecule has 0 N–H and O–H groups in total. The highest BCUT2D eigenvalue weighted by Crippen LogP contribution is 2.16. The number of rotatable bonds is 0. The minimum Gasteiger partial charge on any atom is -0.220 e. The van der Waals surface area contributed by atoms with Gasteiger partial charge in [0, 0.05) is 5.39 Å². The molecule has 2 heteroatoms. The van der Waals surface area contributed by atoms with Gasteiger partial charge in [-0.15, -0.1) is 0 Å². The van der Waals surface area contributed by atoms with E-state index in [1.54, 1.807) is 0 Å². The van der Waals surface area contributed by atoms with E-state index in [0.29, 0.717) is 0 Å². The predicted octanol–water partition coefficient (Wildman–Crippen LogP) is 2.68. The fourth-order valence-corrected chi connectivity index (χ4v) is 1.31. The fourth-order valence-electron chi connectivity index (χ4n) is 1.31. The maximum atomic E-state index is 12.8. The van der Waals surface area contributed by atoms with Crippen molar-refractivity contribution >= 4 is 10.9 Å². The molecule has 0 aliphatic rings. The minimum absolute atomic E-state index is 0.411. The van der Waals surface area contributed by atoms with Crippen LogP contribution in [0.5, 0.6) is 0 Å². The van der Waals surface area contributed by atoms with Gasteiger partial charge in [0.2, 0.25) is 5.95 Å². The van der Waals surface area contributed by atoms with Crippen LogP contribution >= 0.6 is 0 Å². The third-order valence-electron chi connectivity index (χ3n) is 1.89. The lowest BCUT2D eigenvalue weighted by molar-refractivity contribution is 0.588. The Balaban J connectivity index is 2.89. The van der Waals surface area contributed by atoms with Gasteiger partial charge in [-0.25, -0.2) is 4.98 Å². The van der Waals surface area contributed by atoms with E-state index >= 15 is 0 Å². The first-order chi connectivity index (χ1) is 5.77. The lowest BCUT2D eigenvalue weighted by Crippen LogP contribution is -1.86. The third-order valence-corrected chi connectivity index (χ3v) is 1.89. The molecule has 0 fully saturated rings. The molecular weight excluding hydrogens is 153 g/mol. The summed E-state index contributed by atoms with van der Waals surface area (Å²) < 4.78 is 12.8. The number of fused-ring (bicyclic) bond motifs is 1. The van der Waals surface area contributed by atoms with Crippen molar-refractivity contribution in [3.63, 3.8) is 0 Å². The van der Waals surface area contributed by atoms with Gasteiger partial charge >= 0.3 is 0 Å². The van der Waals surface area contributed by atoms with Crippen LogP contribution in [0.2, 0.25) is 0 Å². The molecule has 2 rings (SSSR count). The van der Waals surface area contributed by atoms with Crippen molar-refractivity contribution in [3.05, 3.63) is 41.8 Å². The van der Waals surface area contributed by atoms with Crippen LogP contribution in [-0.2, 0) is 0 Å². The normalized spacial score (nSPS) is 10.5. The Labute approximate surface area is 69.9 Å². The Morgan fingerprint density at radius 3 is 2.83 bits per heavy atom. The average Bonchev–Trinajstić information content (AvgIpc) is 2.04. The Kier molecular flexibility index (Phi) is 1.54. The molecular formula is C10H8FN. The number of pyridine rings is 1. The van der Waals surface area contributed by atoms with Crippen LogP contribution in [0.3, 0.4) is 0 Å². The molecule has 0 saturated heterocycles. The van der Waals surface area contributed by atoms with Gasteiger partial charge in [0.1, 0.15) is 0 Å². The van der Waals surface area contributed by atoms with E-state index in [9.17, 15) is 4.39 Å². The molecule has 0 amide bonds. The first-order valence-electron chi connectivity index (χ1n) is 3.79. The van der Waals surface area contributed by atoms with E-state index < -0.39 is 5.95 Å². The summed E-state index contributed by atoms with van der Waals surface area (Å²) in [6.45, 7) is 1.88. The minimum atomic E-state index is -0.411. The smallest absolute Gasteiger partial charge is 0.213 e. The van der Waals surface area contributed by atoms with Gasteiger partial charge < -0.3 is 0 Å². The Morgan fingerprint density at radius 2 is 2.00 bits per heavy atom. The summed E-state index contributed by atoms with van der Waals surface area (Å²) in [6, 6.07) is 8.98. The maximum absolute atomic E-state index is 12.8. The van der Waals surface area contributed by atoms with Crippen LogP contribution in [0.25, 0.3) is 10.9 Å². The van der Waals surface area contributed by atoms with E-state index in [1.807, 2.05) is 31.2 Å². The summed E-state index contributed by atoms with van der Waals surface area (Å²) in [4.78, 5) is 3.77. The van der Waals surface area contributed by atoms with Crippen LogP contribution in [-0.4, -0.2) is 4.98 Å². The zero-order chi connectivity index (χ0) is 8.55. The molecule has 0 atom stereocenters. The second-order valence-corrected chi connectivity index (χ2v) is 2.78. The number of aromatic nitrogens is 1. The number of aryl methyl sites for hydroxylation is 1. The molecule has 0 spiro atoms. The molecule has 0 aliphatic carbocycles. The largest absolute Gasteiger partial charge is 0.220 e. The zero-order valence-corrected chi connectivity index (χ0v) is 6.71. The van der Waals surface area contributed by atoms with Crippen molar-refractivity contribution in [2.45, 2.75) is 6.92 Å². The molecule has 1 aromatic heterocycles. The second-order valence-electron chi connectivity index (χ2n) is 2.78. The molecule has 0 saturated carbocycles. The molecule has 1 nitrogen and oxygen atoms in total. The SMILES string of the molecule is Cc1cc(F)nc2ccccc12. The van der Waals surface area contributed by atoms with Gasteiger partial charge in [0.25, 0.3) is 0 Å². The molecule has 1 aromatic carbocycles. The molecule has 1 heterocycles. The van der Waals surface area contributed by atoms with Gasteiger partial charge in [-0.3, -0.25) is 0 Å². The molecule has 0 unspecified atom stereocenters. The predicted molar refractivity (Wildman–Crippen MR) is 46.4 cm³/mol. The summed E-state index contributed by atoms with van der Waals surface area (Å²) in [6.07, 6.45) is 0. The number of para-hydroxylation sites is 1. The van der Waals surface area contributed by atoms with E-state index in [0.717, 1.165) is 16.5 Å². The number of nitrogens with zero attached hydrogens (tertiary/aromatic N) is 1. The van der Waals surface area contributed by atoms with Crippen molar-refractivity contribution in [2.24, 2.45) is 0 Å². The van der Waals surface area contributed by atoms with Crippen LogP contribution in [0.4, 0.5) is 4.39 Å². The van der Waals surface area contributed by atoms with Crippen LogP contribution in [0.15, 0.2) is 30.3 Å². The lowest BCUT2D eigenvalue weighted by Gasteiger charge is -1.99. The number of benzene rings is 1. The Hall–Kier alpha value is -1.44. The second kappa shape index (κ2) is 2.55. The summed E-state index contributed by atoms with van der Waals surface area (Å²) in [7, 11) is 0. The highest BCUT2D eigenvalue weighted by atomic mass is 19.1. The molecule has 12 heavy (non-hydrogen) atoms. The van der Waals surface area contributed by atoms with Crippen molar-refractivity contribution in [2.75, 3.05) is 0 Å². The Bertz CT molecular complexity index is 423. The van der Waals surface area contributed by atoms with E-state index in [4.69, 9.17) is 0 Å². The number of hydrogen-bond acceptors (Lipinski definition) is 1. The third kappa shape index (κ3) is 1.05. The molecule has 0 aliphatic heterocycles. The molecule has 2 aromatic rings. The van der Waals surface area contributed by atoms with E-state index in [1.165, 1.54) is 6.07 Å². The maximum Gasteiger partial charge on any atom is 0.213 e.